The van der Waals surface area contributed by atoms with Crippen LogP contribution in [0.25, 0.3) is 0 Å². The van der Waals surface area contributed by atoms with Crippen LogP contribution in [-0.2, 0) is 4.74 Å². The number of nitrogens with two attached hydrogens (primary N) is 1. The van der Waals surface area contributed by atoms with Crippen molar-refractivity contribution in [1.82, 2.24) is 5.32 Å². The highest BCUT2D eigenvalue weighted by Crippen LogP contribution is 2.08. The molecule has 0 aromatic carbocycles. The number of rotatable bonds is 3. The fourth-order valence-corrected chi connectivity index (χ4v) is 0.705. The van der Waals surface area contributed by atoms with Crippen LogP contribution in [0.4, 0.5) is 4.79 Å². The lowest BCUT2D eigenvalue weighted by Gasteiger charge is -2.28. The highest BCUT2D eigenvalue weighted by atomic mass is 16.6. The lowest BCUT2D eigenvalue weighted by molar-refractivity contribution is 0.0423. The van der Waals surface area contributed by atoms with Crippen LogP contribution in [-0.4, -0.2) is 35.5 Å². The van der Waals surface area contributed by atoms with Gasteiger partial charge in [0, 0.05) is 6.54 Å². The van der Waals surface area contributed by atoms with Gasteiger partial charge in [-0.3, -0.25) is 0 Å². The van der Waals surface area contributed by atoms with Gasteiger partial charge in [0.05, 0.1) is 12.1 Å². The Hall–Kier alpha value is -0.810. The summed E-state index contributed by atoms with van der Waals surface area (Å²) in [4.78, 5) is 11.3. The summed E-state index contributed by atoms with van der Waals surface area (Å²) in [6.07, 6.45) is -0.570. The average molecular weight is 204 g/mol. The summed E-state index contributed by atoms with van der Waals surface area (Å²) in [7, 11) is 0. The van der Waals surface area contributed by atoms with Gasteiger partial charge >= 0.3 is 6.09 Å². The zero-order valence-corrected chi connectivity index (χ0v) is 9.26. The van der Waals surface area contributed by atoms with Crippen molar-refractivity contribution < 1.29 is 14.6 Å². The molecule has 1 atom stereocenters. The first-order valence-corrected chi connectivity index (χ1v) is 4.54. The summed E-state index contributed by atoms with van der Waals surface area (Å²) < 4.78 is 5.02. The fourth-order valence-electron chi connectivity index (χ4n) is 0.705. The van der Waals surface area contributed by atoms with Crippen molar-refractivity contribution in [2.45, 2.75) is 38.8 Å². The number of carbonyl (C=O) groups excluding carboxylic acids is 1. The lowest BCUT2D eigenvalue weighted by atomic mass is 10.1. The van der Waals surface area contributed by atoms with Crippen LogP contribution < -0.4 is 11.1 Å². The lowest BCUT2D eigenvalue weighted by Crippen LogP contribution is -2.55. The van der Waals surface area contributed by atoms with Crippen molar-refractivity contribution >= 4 is 6.09 Å². The Morgan fingerprint density at radius 1 is 1.43 bits per heavy atom. The number of aliphatic hydroxyl groups is 1. The molecule has 5 heteroatoms. The maximum Gasteiger partial charge on any atom is 0.408 e. The third-order valence-corrected chi connectivity index (χ3v) is 1.60. The molecule has 0 saturated heterocycles. The summed E-state index contributed by atoms with van der Waals surface area (Å²) in [5.41, 5.74) is 4.04. The Kier molecular flexibility index (Phi) is 4.35. The molecule has 4 N–H and O–H groups in total. The van der Waals surface area contributed by atoms with Crippen molar-refractivity contribution in [3.8, 4) is 0 Å². The molecular formula is C9H20N2O3. The van der Waals surface area contributed by atoms with Gasteiger partial charge in [0.15, 0.2) is 0 Å². The summed E-state index contributed by atoms with van der Waals surface area (Å²) in [6, 6.07) is 0. The Labute approximate surface area is 84.6 Å². The van der Waals surface area contributed by atoms with Crippen LogP contribution >= 0.6 is 0 Å². The number of carbonyl (C=O) groups is 1. The third-order valence-electron chi connectivity index (χ3n) is 1.60. The van der Waals surface area contributed by atoms with Crippen LogP contribution in [0.15, 0.2) is 0 Å². The smallest absolute Gasteiger partial charge is 0.408 e. The van der Waals surface area contributed by atoms with E-state index in [1.165, 1.54) is 0 Å². The summed E-state index contributed by atoms with van der Waals surface area (Å²) in [6.45, 7) is 6.89. The molecule has 0 aliphatic rings. The molecule has 0 bridgehead atoms. The Morgan fingerprint density at radius 2 is 1.93 bits per heavy atom. The number of amides is 1. The van der Waals surface area contributed by atoms with E-state index in [0.717, 1.165) is 0 Å². The van der Waals surface area contributed by atoms with Gasteiger partial charge in [0.25, 0.3) is 0 Å². The molecule has 5 nitrogen and oxygen atoms in total. The number of hydrogen-bond donors (Lipinski definition) is 3. The second kappa shape index (κ2) is 4.61. The molecule has 0 spiro atoms. The van der Waals surface area contributed by atoms with E-state index in [2.05, 4.69) is 5.32 Å². The van der Waals surface area contributed by atoms with Gasteiger partial charge in [-0.1, -0.05) is 0 Å². The number of alkyl carbamates (subject to hydrolysis) is 1. The van der Waals surface area contributed by atoms with Gasteiger partial charge in [-0.2, -0.15) is 0 Å². The number of hydrogen-bond acceptors (Lipinski definition) is 4. The first-order valence-electron chi connectivity index (χ1n) is 4.54. The molecule has 0 aliphatic heterocycles. The maximum atomic E-state index is 11.3. The van der Waals surface area contributed by atoms with E-state index in [1.807, 2.05) is 0 Å². The molecule has 0 heterocycles. The normalized spacial score (nSPS) is 15.9. The molecule has 0 aliphatic carbocycles. The number of nitrogens with one attached hydrogen (secondary N) is 1. The highest BCUT2D eigenvalue weighted by molar-refractivity contribution is 5.68. The molecule has 0 aromatic rings. The minimum absolute atomic E-state index is 0.155. The average Bonchev–Trinajstić information content (AvgIpc) is 2.00. The van der Waals surface area contributed by atoms with E-state index in [0.29, 0.717) is 0 Å². The summed E-state index contributed by atoms with van der Waals surface area (Å²) >= 11 is 0. The maximum absolute atomic E-state index is 11.3. The fraction of sp³-hybridized carbons (Fsp3) is 0.889. The van der Waals surface area contributed by atoms with Gasteiger partial charge in [-0.05, 0) is 27.7 Å². The highest BCUT2D eigenvalue weighted by Gasteiger charge is 2.26. The van der Waals surface area contributed by atoms with E-state index < -0.39 is 17.2 Å². The van der Waals surface area contributed by atoms with Crippen LogP contribution in [0.3, 0.4) is 0 Å². The van der Waals surface area contributed by atoms with Crippen LogP contribution in [0, 0.1) is 0 Å². The number of aliphatic hydroxyl groups excluding tert-OH is 1. The first kappa shape index (κ1) is 13.2. The Balaban J connectivity index is 4.18. The molecule has 0 aromatic heterocycles. The van der Waals surface area contributed by atoms with Crippen molar-refractivity contribution in [3.05, 3.63) is 0 Å². The third kappa shape index (κ3) is 5.04. The summed E-state index contributed by atoms with van der Waals surface area (Å²) in [5, 5.41) is 11.5. The molecule has 0 saturated carbocycles. The predicted molar refractivity (Wildman–Crippen MR) is 53.9 cm³/mol. The minimum Gasteiger partial charge on any atom is -0.444 e. The van der Waals surface area contributed by atoms with Crippen LogP contribution in [0.5, 0.6) is 0 Å². The van der Waals surface area contributed by atoms with Crippen molar-refractivity contribution in [3.63, 3.8) is 0 Å². The molecule has 0 fully saturated rings. The molecular weight excluding hydrogens is 184 g/mol. The minimum atomic E-state index is -0.817. The predicted octanol–water partition coefficient (Wildman–Crippen LogP) is 0.221. The zero-order valence-electron chi connectivity index (χ0n) is 9.26. The van der Waals surface area contributed by atoms with E-state index >= 15 is 0 Å². The number of ether oxygens (including phenoxy) is 1. The molecule has 0 rings (SSSR count). The van der Waals surface area contributed by atoms with Crippen LogP contribution in [0.1, 0.15) is 27.7 Å². The van der Waals surface area contributed by atoms with E-state index in [4.69, 9.17) is 15.6 Å². The van der Waals surface area contributed by atoms with Crippen LogP contribution in [0.2, 0.25) is 0 Å². The largest absolute Gasteiger partial charge is 0.444 e. The molecule has 1 amide bonds. The second-order valence-corrected chi connectivity index (χ2v) is 4.55. The second-order valence-electron chi connectivity index (χ2n) is 4.55. The van der Waals surface area contributed by atoms with E-state index in [9.17, 15) is 4.79 Å². The van der Waals surface area contributed by atoms with Crippen molar-refractivity contribution in [2.24, 2.45) is 5.73 Å². The van der Waals surface area contributed by atoms with Gasteiger partial charge in [0.2, 0.25) is 0 Å². The Bertz CT molecular complexity index is 195. The van der Waals surface area contributed by atoms with Gasteiger partial charge in [-0.25, -0.2) is 4.79 Å². The SMILES string of the molecule is CC(CN)(CO)NC(=O)OC(C)(C)C. The van der Waals surface area contributed by atoms with E-state index in [-0.39, 0.29) is 13.2 Å². The molecule has 0 radical (unpaired) electrons. The first-order chi connectivity index (χ1) is 6.22. The van der Waals surface area contributed by atoms with Crippen molar-refractivity contribution in [1.29, 1.82) is 0 Å². The standard InChI is InChI=1S/C9H20N2O3/c1-8(2,3)14-7(13)11-9(4,5-10)6-12/h12H,5-6,10H2,1-4H3,(H,11,13). The summed E-state index contributed by atoms with van der Waals surface area (Å²) in [5.74, 6) is 0. The monoisotopic (exact) mass is 204 g/mol. The van der Waals surface area contributed by atoms with Gasteiger partial charge in [0.1, 0.15) is 5.60 Å². The van der Waals surface area contributed by atoms with E-state index in [1.54, 1.807) is 27.7 Å². The Morgan fingerprint density at radius 3 is 2.21 bits per heavy atom. The van der Waals surface area contributed by atoms with Crippen molar-refractivity contribution in [2.75, 3.05) is 13.2 Å². The topological polar surface area (TPSA) is 84.6 Å². The van der Waals surface area contributed by atoms with Gasteiger partial charge < -0.3 is 20.9 Å². The molecule has 84 valence electrons. The van der Waals surface area contributed by atoms with Gasteiger partial charge in [-0.15, -0.1) is 0 Å². The molecule has 14 heavy (non-hydrogen) atoms. The zero-order chi connectivity index (χ0) is 11.4. The quantitative estimate of drug-likeness (QED) is 0.614. The molecule has 1 unspecified atom stereocenters.